The summed E-state index contributed by atoms with van der Waals surface area (Å²) in [6.07, 6.45) is 2.29. The number of nitrogens with zero attached hydrogens (tertiary/aromatic N) is 3. The zero-order valence-corrected chi connectivity index (χ0v) is 12.5. The molecule has 0 aliphatic carbocycles. The Morgan fingerprint density at radius 1 is 1.53 bits per heavy atom. The zero-order chi connectivity index (χ0) is 14.0. The van der Waals surface area contributed by atoms with Gasteiger partial charge in [-0.05, 0) is 47.0 Å². The first-order valence-corrected chi connectivity index (χ1v) is 7.37. The van der Waals surface area contributed by atoms with Crippen LogP contribution < -0.4 is 0 Å². The summed E-state index contributed by atoms with van der Waals surface area (Å²) >= 11 is 1.49. The van der Waals surface area contributed by atoms with Gasteiger partial charge in [0.2, 0.25) is 0 Å². The number of hydrogen-bond acceptors (Lipinski definition) is 5. The minimum atomic E-state index is -0.920. The van der Waals surface area contributed by atoms with Gasteiger partial charge in [-0.15, -0.1) is 11.3 Å². The topological polar surface area (TPSA) is 56.7 Å². The predicted molar refractivity (Wildman–Crippen MR) is 75.8 cm³/mol. The Bertz CT molecular complexity index is 453. The highest BCUT2D eigenvalue weighted by molar-refractivity contribution is 7.11. The number of carboxylic acids is 1. The number of rotatable bonds is 4. The van der Waals surface area contributed by atoms with Crippen LogP contribution >= 0.6 is 11.3 Å². The van der Waals surface area contributed by atoms with Crippen LogP contribution in [0.15, 0.2) is 0 Å². The van der Waals surface area contributed by atoms with Gasteiger partial charge >= 0.3 is 5.97 Å². The summed E-state index contributed by atoms with van der Waals surface area (Å²) in [6, 6.07) is 0.542. The number of aryl methyl sites for hydroxylation is 1. The third kappa shape index (κ3) is 3.52. The van der Waals surface area contributed by atoms with E-state index in [4.69, 9.17) is 5.11 Å². The first-order chi connectivity index (χ1) is 8.97. The molecule has 2 heterocycles. The normalized spacial score (nSPS) is 18.1. The number of piperidine rings is 1. The van der Waals surface area contributed by atoms with Gasteiger partial charge in [0, 0.05) is 12.6 Å². The third-order valence-corrected chi connectivity index (χ3v) is 4.67. The highest BCUT2D eigenvalue weighted by atomic mass is 32.1. The standard InChI is InChI=1S/C13H21N3O2S/c1-9-14-12(13(17)18)11(19-9)8-16(3)10-4-6-15(2)7-5-10/h10H,4-8H2,1-3H3,(H,17,18). The maximum absolute atomic E-state index is 11.2. The van der Waals surface area contributed by atoms with Gasteiger partial charge in [0.25, 0.3) is 0 Å². The monoisotopic (exact) mass is 283 g/mol. The maximum Gasteiger partial charge on any atom is 0.355 e. The van der Waals surface area contributed by atoms with E-state index in [1.165, 1.54) is 11.3 Å². The van der Waals surface area contributed by atoms with E-state index in [1.807, 2.05) is 6.92 Å². The Hall–Kier alpha value is -0.980. The lowest BCUT2D eigenvalue weighted by molar-refractivity contribution is 0.0687. The SMILES string of the molecule is Cc1nc(C(=O)O)c(CN(C)C2CCN(C)CC2)s1. The van der Waals surface area contributed by atoms with E-state index in [0.29, 0.717) is 12.6 Å². The molecule has 19 heavy (non-hydrogen) atoms. The van der Waals surface area contributed by atoms with Gasteiger partial charge in [0.15, 0.2) is 5.69 Å². The number of likely N-dealkylation sites (tertiary alicyclic amines) is 1. The van der Waals surface area contributed by atoms with Crippen molar-refractivity contribution >= 4 is 17.3 Å². The van der Waals surface area contributed by atoms with Crippen molar-refractivity contribution in [3.63, 3.8) is 0 Å². The molecule has 0 atom stereocenters. The molecule has 0 spiro atoms. The van der Waals surface area contributed by atoms with Gasteiger partial charge in [0.1, 0.15) is 0 Å². The fraction of sp³-hybridized carbons (Fsp3) is 0.692. The first-order valence-electron chi connectivity index (χ1n) is 6.55. The van der Waals surface area contributed by atoms with Crippen LogP contribution in [0.4, 0.5) is 0 Å². The summed E-state index contributed by atoms with van der Waals surface area (Å²) in [4.78, 5) is 20.7. The molecule has 0 radical (unpaired) electrons. The molecule has 2 rings (SSSR count). The number of hydrogen-bond donors (Lipinski definition) is 1. The maximum atomic E-state index is 11.2. The van der Waals surface area contributed by atoms with Crippen molar-refractivity contribution < 1.29 is 9.90 Å². The minimum Gasteiger partial charge on any atom is -0.476 e. The van der Waals surface area contributed by atoms with Gasteiger partial charge in [-0.2, -0.15) is 0 Å². The van der Waals surface area contributed by atoms with Crippen LogP contribution in [-0.4, -0.2) is 59.1 Å². The quantitative estimate of drug-likeness (QED) is 0.911. The second-order valence-electron chi connectivity index (χ2n) is 5.26. The van der Waals surface area contributed by atoms with Gasteiger partial charge in [-0.3, -0.25) is 4.90 Å². The fourth-order valence-corrected chi connectivity index (χ4v) is 3.53. The van der Waals surface area contributed by atoms with Crippen LogP contribution in [0.3, 0.4) is 0 Å². The molecule has 0 saturated carbocycles. The van der Waals surface area contributed by atoms with Crippen molar-refractivity contribution in [3.8, 4) is 0 Å². The minimum absolute atomic E-state index is 0.224. The van der Waals surface area contributed by atoms with Crippen LogP contribution in [0.2, 0.25) is 0 Å². The predicted octanol–water partition coefficient (Wildman–Crippen LogP) is 1.68. The summed E-state index contributed by atoms with van der Waals surface area (Å²) < 4.78 is 0. The van der Waals surface area contributed by atoms with Crippen molar-refractivity contribution in [1.29, 1.82) is 0 Å². The Morgan fingerprint density at radius 2 is 2.16 bits per heavy atom. The molecule has 0 aromatic carbocycles. The lowest BCUT2D eigenvalue weighted by atomic mass is 10.0. The van der Waals surface area contributed by atoms with Crippen molar-refractivity contribution in [2.45, 2.75) is 32.4 Å². The molecular weight excluding hydrogens is 262 g/mol. The van der Waals surface area contributed by atoms with Gasteiger partial charge in [0.05, 0.1) is 9.88 Å². The molecule has 1 aliphatic heterocycles. The molecule has 0 bridgehead atoms. The average molecular weight is 283 g/mol. The van der Waals surface area contributed by atoms with Crippen LogP contribution in [0.25, 0.3) is 0 Å². The molecule has 1 saturated heterocycles. The second kappa shape index (κ2) is 5.98. The number of carboxylic acid groups (broad SMARTS) is 1. The smallest absolute Gasteiger partial charge is 0.355 e. The Labute approximate surface area is 117 Å². The van der Waals surface area contributed by atoms with Crippen molar-refractivity contribution in [2.24, 2.45) is 0 Å². The molecule has 1 aromatic rings. The van der Waals surface area contributed by atoms with E-state index in [2.05, 4.69) is 28.9 Å². The van der Waals surface area contributed by atoms with Crippen LogP contribution in [0, 0.1) is 6.92 Å². The average Bonchev–Trinajstić information content (AvgIpc) is 2.71. The van der Waals surface area contributed by atoms with Crippen molar-refractivity contribution in [3.05, 3.63) is 15.6 Å². The third-order valence-electron chi connectivity index (χ3n) is 3.71. The lowest BCUT2D eigenvalue weighted by Gasteiger charge is -2.34. The summed E-state index contributed by atoms with van der Waals surface area (Å²) in [5, 5.41) is 9.98. The number of thiazole rings is 1. The van der Waals surface area contributed by atoms with Gasteiger partial charge in [-0.25, -0.2) is 9.78 Å². The summed E-state index contributed by atoms with van der Waals surface area (Å²) in [7, 11) is 4.22. The molecule has 0 unspecified atom stereocenters. The van der Waals surface area contributed by atoms with Crippen LogP contribution in [0.5, 0.6) is 0 Å². The number of aromatic carboxylic acids is 1. The first kappa shape index (κ1) is 14.4. The number of aromatic nitrogens is 1. The summed E-state index contributed by atoms with van der Waals surface area (Å²) in [5.41, 5.74) is 0.224. The van der Waals surface area contributed by atoms with E-state index in [-0.39, 0.29) is 5.69 Å². The van der Waals surface area contributed by atoms with Gasteiger partial charge in [-0.1, -0.05) is 0 Å². The molecule has 6 heteroatoms. The summed E-state index contributed by atoms with van der Waals surface area (Å²) in [5.74, 6) is -0.920. The van der Waals surface area contributed by atoms with Crippen molar-refractivity contribution in [1.82, 2.24) is 14.8 Å². The van der Waals surface area contributed by atoms with E-state index in [1.54, 1.807) is 0 Å². The van der Waals surface area contributed by atoms with E-state index in [9.17, 15) is 4.79 Å². The highest BCUT2D eigenvalue weighted by Gasteiger charge is 2.23. The highest BCUT2D eigenvalue weighted by Crippen LogP contribution is 2.23. The van der Waals surface area contributed by atoms with Gasteiger partial charge < -0.3 is 10.0 Å². The number of carbonyl (C=O) groups is 1. The fourth-order valence-electron chi connectivity index (χ4n) is 2.53. The largest absolute Gasteiger partial charge is 0.476 e. The van der Waals surface area contributed by atoms with E-state index >= 15 is 0 Å². The molecule has 106 valence electrons. The van der Waals surface area contributed by atoms with Crippen LogP contribution in [-0.2, 0) is 6.54 Å². The molecule has 0 amide bonds. The summed E-state index contributed by atoms with van der Waals surface area (Å²) in [6.45, 7) is 4.77. The Kier molecular flexibility index (Phi) is 4.54. The van der Waals surface area contributed by atoms with Crippen molar-refractivity contribution in [2.75, 3.05) is 27.2 Å². The molecule has 1 fully saturated rings. The van der Waals surface area contributed by atoms with E-state index in [0.717, 1.165) is 35.8 Å². The lowest BCUT2D eigenvalue weighted by Crippen LogP contribution is -2.41. The Balaban J connectivity index is 2.02. The molecule has 1 N–H and O–H groups in total. The van der Waals surface area contributed by atoms with Crippen LogP contribution in [0.1, 0.15) is 33.2 Å². The molecule has 1 aromatic heterocycles. The van der Waals surface area contributed by atoms with E-state index < -0.39 is 5.97 Å². The zero-order valence-electron chi connectivity index (χ0n) is 11.7. The molecule has 5 nitrogen and oxygen atoms in total. The Morgan fingerprint density at radius 3 is 2.74 bits per heavy atom. The second-order valence-corrected chi connectivity index (χ2v) is 6.55. The molecule has 1 aliphatic rings. The molecular formula is C13H21N3O2S.